The summed E-state index contributed by atoms with van der Waals surface area (Å²) in [5.74, 6) is 0. The minimum atomic E-state index is -3.17. The van der Waals surface area contributed by atoms with Crippen LogP contribution in [0.1, 0.15) is 5.56 Å². The molecule has 0 spiro atoms. The molecule has 0 saturated heterocycles. The largest absolute Gasteiger partial charge is 0.309 e. The molecule has 1 N–H and O–H groups in total. The third-order valence-corrected chi connectivity index (χ3v) is 2.71. The summed E-state index contributed by atoms with van der Waals surface area (Å²) >= 11 is 0. The van der Waals surface area contributed by atoms with Gasteiger partial charge in [-0.1, -0.05) is 12.1 Å². The molecular weight excluding hydrogens is 224 g/mol. The zero-order chi connectivity index (χ0) is 12.2. The maximum absolute atomic E-state index is 11.0. The minimum absolute atomic E-state index is 0.608. The van der Waals surface area contributed by atoms with Crippen molar-refractivity contribution in [1.82, 2.24) is 4.90 Å². The van der Waals surface area contributed by atoms with Crippen LogP contribution in [0.15, 0.2) is 24.3 Å². The number of rotatable bonds is 5. The van der Waals surface area contributed by atoms with Crippen LogP contribution in [0.25, 0.3) is 0 Å². The summed E-state index contributed by atoms with van der Waals surface area (Å²) in [6.45, 7) is 0.985. The summed E-state index contributed by atoms with van der Waals surface area (Å²) in [7, 11) is 0.881. The van der Waals surface area contributed by atoms with Gasteiger partial charge >= 0.3 is 0 Å². The van der Waals surface area contributed by atoms with Gasteiger partial charge in [-0.3, -0.25) is 4.72 Å². The van der Waals surface area contributed by atoms with Crippen LogP contribution in [0.3, 0.4) is 0 Å². The zero-order valence-corrected chi connectivity index (χ0v) is 10.7. The number of anilines is 1. The van der Waals surface area contributed by atoms with Crippen LogP contribution >= 0.6 is 0 Å². The molecule has 0 aliphatic heterocycles. The Morgan fingerprint density at radius 1 is 1.19 bits per heavy atom. The smallest absolute Gasteiger partial charge is 0.229 e. The van der Waals surface area contributed by atoms with Crippen LogP contribution in [0.4, 0.5) is 5.69 Å². The Hall–Kier alpha value is -1.07. The summed E-state index contributed by atoms with van der Waals surface area (Å²) < 4.78 is 24.4. The van der Waals surface area contributed by atoms with Gasteiger partial charge in [0.25, 0.3) is 0 Å². The van der Waals surface area contributed by atoms with Crippen molar-refractivity contribution in [3.05, 3.63) is 29.8 Å². The molecule has 0 fully saturated rings. The summed E-state index contributed by atoms with van der Waals surface area (Å²) in [6.07, 6.45) is 2.11. The Bertz CT molecular complexity index is 424. The SMILES string of the molecule is CN(C)CCc1ccc(NS(C)(=O)=O)cc1. The first-order valence-electron chi connectivity index (χ1n) is 5.08. The van der Waals surface area contributed by atoms with Crippen molar-refractivity contribution >= 4 is 15.7 Å². The molecule has 0 radical (unpaired) electrons. The lowest BCUT2D eigenvalue weighted by Gasteiger charge is -2.09. The molecule has 0 bridgehead atoms. The number of likely N-dealkylation sites (N-methyl/N-ethyl adjacent to an activating group) is 1. The van der Waals surface area contributed by atoms with Gasteiger partial charge in [0.1, 0.15) is 0 Å². The second-order valence-electron chi connectivity index (χ2n) is 4.12. The maximum Gasteiger partial charge on any atom is 0.229 e. The zero-order valence-electron chi connectivity index (χ0n) is 9.90. The number of hydrogen-bond acceptors (Lipinski definition) is 3. The highest BCUT2D eigenvalue weighted by Gasteiger charge is 2.01. The van der Waals surface area contributed by atoms with E-state index in [0.717, 1.165) is 19.2 Å². The third-order valence-electron chi connectivity index (χ3n) is 2.10. The quantitative estimate of drug-likeness (QED) is 0.843. The highest BCUT2D eigenvalue weighted by molar-refractivity contribution is 7.92. The highest BCUT2D eigenvalue weighted by atomic mass is 32.2. The molecule has 0 aromatic heterocycles. The van der Waals surface area contributed by atoms with E-state index in [1.165, 1.54) is 5.56 Å². The monoisotopic (exact) mass is 242 g/mol. The molecule has 90 valence electrons. The number of nitrogens with one attached hydrogen (secondary N) is 1. The molecule has 0 atom stereocenters. The molecule has 1 aromatic rings. The molecule has 0 aliphatic rings. The van der Waals surface area contributed by atoms with Gasteiger partial charge in [-0.15, -0.1) is 0 Å². The Balaban J connectivity index is 2.61. The van der Waals surface area contributed by atoms with Crippen LogP contribution in [0.5, 0.6) is 0 Å². The fourth-order valence-corrected chi connectivity index (χ4v) is 1.87. The summed E-state index contributed by atoms with van der Waals surface area (Å²) in [6, 6.07) is 7.45. The standard InChI is InChI=1S/C11H18N2O2S/c1-13(2)9-8-10-4-6-11(7-5-10)12-16(3,14)15/h4-7,12H,8-9H2,1-3H3. The number of benzene rings is 1. The second kappa shape index (κ2) is 5.32. The highest BCUT2D eigenvalue weighted by Crippen LogP contribution is 2.11. The summed E-state index contributed by atoms with van der Waals surface area (Å²) in [5.41, 5.74) is 1.81. The van der Waals surface area contributed by atoms with E-state index in [1.54, 1.807) is 12.1 Å². The van der Waals surface area contributed by atoms with Crippen LogP contribution in [-0.4, -0.2) is 40.2 Å². The Labute approximate surface area is 97.3 Å². The summed E-state index contributed by atoms with van der Waals surface area (Å²) in [4.78, 5) is 2.11. The predicted molar refractivity (Wildman–Crippen MR) is 67.2 cm³/mol. The molecule has 5 heteroatoms. The van der Waals surface area contributed by atoms with Gasteiger partial charge in [0.15, 0.2) is 0 Å². The van der Waals surface area contributed by atoms with Gasteiger partial charge in [0.2, 0.25) is 10.0 Å². The average molecular weight is 242 g/mol. The normalized spacial score (nSPS) is 11.8. The predicted octanol–water partition coefficient (Wildman–Crippen LogP) is 1.16. The van der Waals surface area contributed by atoms with Gasteiger partial charge in [-0.2, -0.15) is 0 Å². The van der Waals surface area contributed by atoms with E-state index >= 15 is 0 Å². The fraction of sp³-hybridized carbons (Fsp3) is 0.455. The van der Waals surface area contributed by atoms with Gasteiger partial charge in [0.05, 0.1) is 6.26 Å². The molecule has 0 amide bonds. The van der Waals surface area contributed by atoms with E-state index < -0.39 is 10.0 Å². The van der Waals surface area contributed by atoms with Crippen LogP contribution in [0, 0.1) is 0 Å². The van der Waals surface area contributed by atoms with E-state index in [9.17, 15) is 8.42 Å². The van der Waals surface area contributed by atoms with Crippen LogP contribution in [0.2, 0.25) is 0 Å². The van der Waals surface area contributed by atoms with Crippen molar-refractivity contribution < 1.29 is 8.42 Å². The Morgan fingerprint density at radius 3 is 2.19 bits per heavy atom. The number of nitrogens with zero attached hydrogens (tertiary/aromatic N) is 1. The lowest BCUT2D eigenvalue weighted by Crippen LogP contribution is -2.15. The van der Waals surface area contributed by atoms with Crippen LogP contribution < -0.4 is 4.72 Å². The Kier molecular flexibility index (Phi) is 4.32. The topological polar surface area (TPSA) is 49.4 Å². The van der Waals surface area contributed by atoms with E-state index in [0.29, 0.717) is 5.69 Å². The first kappa shape index (κ1) is 13.0. The average Bonchev–Trinajstić information content (AvgIpc) is 2.14. The van der Waals surface area contributed by atoms with Crippen molar-refractivity contribution in [2.45, 2.75) is 6.42 Å². The van der Waals surface area contributed by atoms with Crippen LogP contribution in [-0.2, 0) is 16.4 Å². The second-order valence-corrected chi connectivity index (χ2v) is 5.87. The molecule has 0 unspecified atom stereocenters. The molecule has 4 nitrogen and oxygen atoms in total. The minimum Gasteiger partial charge on any atom is -0.309 e. The molecule has 0 saturated carbocycles. The number of sulfonamides is 1. The maximum atomic E-state index is 11.0. The van der Waals surface area contributed by atoms with Crippen molar-refractivity contribution in [1.29, 1.82) is 0 Å². The lowest BCUT2D eigenvalue weighted by molar-refractivity contribution is 0.413. The molecule has 0 heterocycles. The van der Waals surface area contributed by atoms with E-state index in [-0.39, 0.29) is 0 Å². The molecule has 1 rings (SSSR count). The lowest BCUT2D eigenvalue weighted by atomic mass is 10.1. The molecule has 1 aromatic carbocycles. The van der Waals surface area contributed by atoms with Gasteiger partial charge in [0, 0.05) is 12.2 Å². The number of hydrogen-bond donors (Lipinski definition) is 1. The van der Waals surface area contributed by atoms with E-state index in [4.69, 9.17) is 0 Å². The van der Waals surface area contributed by atoms with E-state index in [2.05, 4.69) is 9.62 Å². The third kappa shape index (κ3) is 5.14. The van der Waals surface area contributed by atoms with Gasteiger partial charge in [-0.05, 0) is 38.2 Å². The summed E-state index contributed by atoms with van der Waals surface area (Å²) in [5, 5.41) is 0. The molecule has 0 aliphatic carbocycles. The Morgan fingerprint density at radius 2 is 1.75 bits per heavy atom. The molecular formula is C11H18N2O2S. The first-order chi connectivity index (χ1) is 7.37. The van der Waals surface area contributed by atoms with Crippen molar-refractivity contribution in [2.75, 3.05) is 31.6 Å². The van der Waals surface area contributed by atoms with Crippen molar-refractivity contribution in [3.8, 4) is 0 Å². The van der Waals surface area contributed by atoms with Crippen molar-refractivity contribution in [3.63, 3.8) is 0 Å². The first-order valence-corrected chi connectivity index (χ1v) is 6.97. The van der Waals surface area contributed by atoms with Crippen molar-refractivity contribution in [2.24, 2.45) is 0 Å². The van der Waals surface area contributed by atoms with Gasteiger partial charge in [-0.25, -0.2) is 8.42 Å². The fourth-order valence-electron chi connectivity index (χ4n) is 1.31. The van der Waals surface area contributed by atoms with Gasteiger partial charge < -0.3 is 4.90 Å². The van der Waals surface area contributed by atoms with E-state index in [1.807, 2.05) is 26.2 Å². The molecule has 16 heavy (non-hydrogen) atoms.